The van der Waals surface area contributed by atoms with Crippen molar-refractivity contribution in [3.63, 3.8) is 0 Å². The Morgan fingerprint density at radius 2 is 1.97 bits per heavy atom. The lowest BCUT2D eigenvalue weighted by molar-refractivity contribution is 0.252. The molecule has 0 saturated carbocycles. The minimum atomic E-state index is -0.362. The van der Waals surface area contributed by atoms with Crippen LogP contribution >= 0.6 is 0 Å². The fourth-order valence-corrected chi connectivity index (χ4v) is 3.19. The van der Waals surface area contributed by atoms with Gasteiger partial charge in [0.15, 0.2) is 0 Å². The number of imidazole rings is 1. The van der Waals surface area contributed by atoms with Crippen LogP contribution < -0.4 is 10.6 Å². The number of aliphatic hydroxyl groups excluding tert-OH is 1. The molecule has 8 nitrogen and oxygen atoms in total. The number of carbonyl (C=O) groups is 1. The molecule has 1 aromatic carbocycles. The summed E-state index contributed by atoms with van der Waals surface area (Å²) in [5.74, 6) is 0.593. The second kappa shape index (κ2) is 8.62. The van der Waals surface area contributed by atoms with Gasteiger partial charge in [0.25, 0.3) is 0 Å². The van der Waals surface area contributed by atoms with E-state index < -0.39 is 0 Å². The number of aromatic hydroxyl groups is 1. The van der Waals surface area contributed by atoms with E-state index in [0.29, 0.717) is 41.4 Å². The molecule has 2 amide bonds. The molecule has 0 radical (unpaired) electrons. The van der Waals surface area contributed by atoms with Gasteiger partial charge in [-0.25, -0.2) is 9.78 Å². The molecule has 3 heterocycles. The number of aromatic nitrogens is 3. The highest BCUT2D eigenvalue weighted by molar-refractivity contribution is 5.93. The molecule has 0 atom stereocenters. The van der Waals surface area contributed by atoms with Crippen molar-refractivity contribution in [1.29, 1.82) is 0 Å². The Bertz CT molecular complexity index is 1170. The fraction of sp³-hybridized carbons (Fsp3) is 0.136. The Labute approximate surface area is 172 Å². The molecule has 0 saturated heterocycles. The number of aliphatic hydroxyl groups is 1. The van der Waals surface area contributed by atoms with E-state index in [0.717, 1.165) is 5.56 Å². The molecule has 8 heteroatoms. The lowest BCUT2D eigenvalue weighted by atomic mass is 10.1. The van der Waals surface area contributed by atoms with Gasteiger partial charge in [-0.05, 0) is 48.4 Å². The summed E-state index contributed by atoms with van der Waals surface area (Å²) in [6.07, 6.45) is 4.07. The molecule has 3 aromatic heterocycles. The van der Waals surface area contributed by atoms with E-state index in [1.807, 2.05) is 42.6 Å². The zero-order valence-electron chi connectivity index (χ0n) is 16.1. The number of urea groups is 1. The summed E-state index contributed by atoms with van der Waals surface area (Å²) in [7, 11) is 0. The SMILES string of the molecule is O=C(NCCc1ccc(O)c(CO)c1)Nc1c(-c2ccccn2)nc2ccccn12. The molecule has 0 bridgehead atoms. The Kier molecular flexibility index (Phi) is 5.58. The maximum absolute atomic E-state index is 12.5. The first-order valence-corrected chi connectivity index (χ1v) is 9.50. The number of phenols is 1. The van der Waals surface area contributed by atoms with E-state index in [-0.39, 0.29) is 18.4 Å². The quantitative estimate of drug-likeness (QED) is 0.395. The second-order valence-corrected chi connectivity index (χ2v) is 6.70. The molecule has 0 aliphatic rings. The monoisotopic (exact) mass is 403 g/mol. The number of pyridine rings is 2. The van der Waals surface area contributed by atoms with Gasteiger partial charge in [0.05, 0.1) is 12.3 Å². The van der Waals surface area contributed by atoms with Crippen LogP contribution in [-0.2, 0) is 13.0 Å². The molecule has 30 heavy (non-hydrogen) atoms. The summed E-state index contributed by atoms with van der Waals surface area (Å²) in [4.78, 5) is 21.5. The van der Waals surface area contributed by atoms with Gasteiger partial charge in [-0.15, -0.1) is 0 Å². The average molecular weight is 403 g/mol. The number of benzene rings is 1. The van der Waals surface area contributed by atoms with Crippen molar-refractivity contribution >= 4 is 17.5 Å². The number of nitrogens with zero attached hydrogens (tertiary/aromatic N) is 3. The first-order valence-electron chi connectivity index (χ1n) is 9.50. The van der Waals surface area contributed by atoms with Gasteiger partial charge in [-0.1, -0.05) is 18.2 Å². The first kappa shape index (κ1) is 19.4. The van der Waals surface area contributed by atoms with E-state index in [4.69, 9.17) is 0 Å². The van der Waals surface area contributed by atoms with Crippen LogP contribution in [0.3, 0.4) is 0 Å². The van der Waals surface area contributed by atoms with E-state index in [1.165, 1.54) is 0 Å². The normalized spacial score (nSPS) is 10.8. The molecule has 0 aliphatic carbocycles. The van der Waals surface area contributed by atoms with Gasteiger partial charge >= 0.3 is 6.03 Å². The Balaban J connectivity index is 1.48. The smallest absolute Gasteiger partial charge is 0.320 e. The van der Waals surface area contributed by atoms with Gasteiger partial charge < -0.3 is 15.5 Å². The van der Waals surface area contributed by atoms with Crippen LogP contribution in [0.1, 0.15) is 11.1 Å². The van der Waals surface area contributed by atoms with Crippen molar-refractivity contribution in [2.24, 2.45) is 0 Å². The van der Waals surface area contributed by atoms with Crippen molar-refractivity contribution in [2.45, 2.75) is 13.0 Å². The minimum absolute atomic E-state index is 0.0570. The number of nitrogens with one attached hydrogen (secondary N) is 2. The zero-order valence-corrected chi connectivity index (χ0v) is 16.1. The summed E-state index contributed by atoms with van der Waals surface area (Å²) in [6, 6.07) is 15.8. The predicted octanol–water partition coefficient (Wildman–Crippen LogP) is 2.96. The maximum Gasteiger partial charge on any atom is 0.320 e. The molecular formula is C22H21N5O3. The van der Waals surface area contributed by atoms with E-state index in [9.17, 15) is 15.0 Å². The predicted molar refractivity (Wildman–Crippen MR) is 113 cm³/mol. The topological polar surface area (TPSA) is 112 Å². The van der Waals surface area contributed by atoms with E-state index in [2.05, 4.69) is 20.6 Å². The van der Waals surface area contributed by atoms with Crippen molar-refractivity contribution in [3.05, 3.63) is 78.1 Å². The van der Waals surface area contributed by atoms with Gasteiger partial charge in [0.2, 0.25) is 0 Å². The number of rotatable bonds is 6. The molecule has 4 rings (SSSR count). The second-order valence-electron chi connectivity index (χ2n) is 6.70. The maximum atomic E-state index is 12.5. The molecule has 0 fully saturated rings. The van der Waals surface area contributed by atoms with Crippen molar-refractivity contribution < 1.29 is 15.0 Å². The van der Waals surface area contributed by atoms with Crippen LogP contribution in [0.4, 0.5) is 10.6 Å². The summed E-state index contributed by atoms with van der Waals surface area (Å²) in [5, 5.41) is 24.6. The van der Waals surface area contributed by atoms with Crippen LogP contribution in [0.25, 0.3) is 17.0 Å². The number of amides is 2. The van der Waals surface area contributed by atoms with Crippen molar-refractivity contribution in [2.75, 3.05) is 11.9 Å². The number of anilines is 1. The first-order chi connectivity index (χ1) is 14.7. The van der Waals surface area contributed by atoms with Crippen LogP contribution in [0.2, 0.25) is 0 Å². The number of hydrogen-bond acceptors (Lipinski definition) is 5. The summed E-state index contributed by atoms with van der Waals surface area (Å²) >= 11 is 0. The Morgan fingerprint density at radius 3 is 2.77 bits per heavy atom. The number of fused-ring (bicyclic) bond motifs is 1. The van der Waals surface area contributed by atoms with E-state index in [1.54, 1.807) is 28.8 Å². The molecule has 0 unspecified atom stereocenters. The number of carbonyl (C=O) groups excluding carboxylic acids is 1. The third kappa shape index (κ3) is 4.08. The van der Waals surface area contributed by atoms with Crippen molar-refractivity contribution in [1.82, 2.24) is 19.7 Å². The number of hydrogen-bond donors (Lipinski definition) is 4. The van der Waals surface area contributed by atoms with Crippen LogP contribution in [0, 0.1) is 0 Å². The average Bonchev–Trinajstić information content (AvgIpc) is 3.14. The highest BCUT2D eigenvalue weighted by atomic mass is 16.3. The third-order valence-corrected chi connectivity index (χ3v) is 4.68. The van der Waals surface area contributed by atoms with Crippen LogP contribution in [0.15, 0.2) is 67.0 Å². The lowest BCUT2D eigenvalue weighted by Gasteiger charge is -2.10. The largest absolute Gasteiger partial charge is 0.508 e. The Hall–Kier alpha value is -3.91. The Morgan fingerprint density at radius 1 is 1.10 bits per heavy atom. The van der Waals surface area contributed by atoms with Gasteiger partial charge in [0.1, 0.15) is 22.9 Å². The summed E-state index contributed by atoms with van der Waals surface area (Å²) in [5.41, 5.74) is 3.32. The van der Waals surface area contributed by atoms with Gasteiger partial charge in [-0.2, -0.15) is 0 Å². The minimum Gasteiger partial charge on any atom is -0.508 e. The molecule has 4 aromatic rings. The standard InChI is InChI=1S/C22H21N5O3/c28-14-16-13-15(7-8-18(16)29)9-11-24-22(30)26-21-20(17-5-1-3-10-23-17)25-19-6-2-4-12-27(19)21/h1-8,10,12-13,28-29H,9,11,14H2,(H2,24,26,30). The molecule has 0 spiro atoms. The highest BCUT2D eigenvalue weighted by Gasteiger charge is 2.16. The van der Waals surface area contributed by atoms with E-state index >= 15 is 0 Å². The molecule has 4 N–H and O–H groups in total. The van der Waals surface area contributed by atoms with Crippen LogP contribution in [-0.4, -0.2) is 37.2 Å². The highest BCUT2D eigenvalue weighted by Crippen LogP contribution is 2.27. The molecular weight excluding hydrogens is 382 g/mol. The molecule has 152 valence electrons. The van der Waals surface area contributed by atoms with Crippen molar-refractivity contribution in [3.8, 4) is 17.1 Å². The summed E-state index contributed by atoms with van der Waals surface area (Å²) < 4.78 is 1.80. The van der Waals surface area contributed by atoms with Gasteiger partial charge in [0, 0.05) is 24.5 Å². The fourth-order valence-electron chi connectivity index (χ4n) is 3.19. The third-order valence-electron chi connectivity index (χ3n) is 4.68. The molecule has 0 aliphatic heterocycles. The summed E-state index contributed by atoms with van der Waals surface area (Å²) in [6.45, 7) is 0.148. The van der Waals surface area contributed by atoms with Gasteiger partial charge in [-0.3, -0.25) is 14.7 Å². The lowest BCUT2D eigenvalue weighted by Crippen LogP contribution is -2.31. The zero-order chi connectivity index (χ0) is 20.9. The van der Waals surface area contributed by atoms with Crippen LogP contribution in [0.5, 0.6) is 5.75 Å².